The largest absolute Gasteiger partial charge is 0.381 e. The maximum Gasteiger partial charge on any atom is 0.240 e. The molecule has 1 aromatic rings. The van der Waals surface area contributed by atoms with Crippen molar-refractivity contribution in [3.8, 4) is 0 Å². The lowest BCUT2D eigenvalue weighted by molar-refractivity contribution is -0.130. The zero-order valence-electron chi connectivity index (χ0n) is 12.1. The van der Waals surface area contributed by atoms with E-state index in [-0.39, 0.29) is 24.4 Å². The predicted octanol–water partition coefficient (Wildman–Crippen LogP) is 2.43. The number of nitrogens with one attached hydrogen (secondary N) is 1. The van der Waals surface area contributed by atoms with Gasteiger partial charge in [-0.3, -0.25) is 4.79 Å². The molecule has 3 N–H and O–H groups in total. The van der Waals surface area contributed by atoms with E-state index in [9.17, 15) is 4.79 Å². The average molecular weight is 378 g/mol. The molecular weight excluding hydrogens is 356 g/mol. The van der Waals surface area contributed by atoms with Crippen LogP contribution in [-0.4, -0.2) is 30.7 Å². The normalized spacial score (nSPS) is 18.4. The molecule has 0 bridgehead atoms. The van der Waals surface area contributed by atoms with E-state index < -0.39 is 5.54 Å². The van der Waals surface area contributed by atoms with Crippen LogP contribution in [-0.2, 0) is 16.0 Å². The zero-order chi connectivity index (χ0) is 14.6. The van der Waals surface area contributed by atoms with Crippen LogP contribution in [0.25, 0.3) is 0 Å². The Kier molecular flexibility index (Phi) is 7.13. The van der Waals surface area contributed by atoms with Gasteiger partial charge in [0.05, 0.1) is 5.54 Å². The van der Waals surface area contributed by atoms with Crippen molar-refractivity contribution in [2.24, 2.45) is 5.73 Å². The summed E-state index contributed by atoms with van der Waals surface area (Å²) >= 11 is 3.52. The third kappa shape index (κ3) is 4.95. The van der Waals surface area contributed by atoms with Gasteiger partial charge in [0.1, 0.15) is 0 Å². The Morgan fingerprint density at radius 1 is 1.43 bits per heavy atom. The van der Waals surface area contributed by atoms with Gasteiger partial charge in [-0.2, -0.15) is 0 Å². The lowest BCUT2D eigenvalue weighted by Crippen LogP contribution is -2.58. The molecule has 1 aliphatic rings. The first kappa shape index (κ1) is 18.4. The SMILES string of the molecule is CC(Cc1ccccc1Br)NC(=O)C1(N)CCOCC1.Cl. The summed E-state index contributed by atoms with van der Waals surface area (Å²) < 4.78 is 6.33. The van der Waals surface area contributed by atoms with Crippen LogP contribution >= 0.6 is 28.3 Å². The lowest BCUT2D eigenvalue weighted by atomic mass is 9.90. The summed E-state index contributed by atoms with van der Waals surface area (Å²) in [5, 5.41) is 3.03. The molecule has 4 nitrogen and oxygen atoms in total. The standard InChI is InChI=1S/C15H21BrN2O2.ClH/c1-11(10-12-4-2-3-5-13(12)16)18-14(19)15(17)6-8-20-9-7-15;/h2-5,11H,6-10,17H2,1H3,(H,18,19);1H. The summed E-state index contributed by atoms with van der Waals surface area (Å²) in [6.45, 7) is 3.12. The number of halogens is 2. The van der Waals surface area contributed by atoms with E-state index in [2.05, 4.69) is 27.3 Å². The van der Waals surface area contributed by atoms with Gasteiger partial charge >= 0.3 is 0 Å². The number of rotatable bonds is 4. The fraction of sp³-hybridized carbons (Fsp3) is 0.533. The molecule has 0 radical (unpaired) electrons. The Morgan fingerprint density at radius 2 is 2.05 bits per heavy atom. The molecular formula is C15H22BrClN2O2. The highest BCUT2D eigenvalue weighted by Crippen LogP contribution is 2.20. The van der Waals surface area contributed by atoms with Gasteiger partial charge in [-0.1, -0.05) is 34.1 Å². The molecule has 0 spiro atoms. The third-order valence-corrected chi connectivity index (χ3v) is 4.47. The van der Waals surface area contributed by atoms with E-state index in [0.29, 0.717) is 26.1 Å². The summed E-state index contributed by atoms with van der Waals surface area (Å²) in [4.78, 5) is 12.3. The number of amides is 1. The van der Waals surface area contributed by atoms with Crippen LogP contribution in [0.2, 0.25) is 0 Å². The highest BCUT2D eigenvalue weighted by atomic mass is 79.9. The smallest absolute Gasteiger partial charge is 0.240 e. The van der Waals surface area contributed by atoms with Gasteiger partial charge in [0.15, 0.2) is 0 Å². The quantitative estimate of drug-likeness (QED) is 0.847. The Morgan fingerprint density at radius 3 is 2.67 bits per heavy atom. The molecule has 1 fully saturated rings. The van der Waals surface area contributed by atoms with E-state index in [4.69, 9.17) is 10.5 Å². The van der Waals surface area contributed by atoms with Crippen molar-refractivity contribution in [1.29, 1.82) is 0 Å². The Hall–Kier alpha value is -0.620. The Labute approximate surface area is 140 Å². The Bertz CT molecular complexity index is 478. The summed E-state index contributed by atoms with van der Waals surface area (Å²) in [5.41, 5.74) is 6.57. The van der Waals surface area contributed by atoms with Crippen molar-refractivity contribution in [1.82, 2.24) is 5.32 Å². The number of benzene rings is 1. The predicted molar refractivity (Wildman–Crippen MR) is 89.7 cm³/mol. The number of carbonyl (C=O) groups is 1. The minimum atomic E-state index is -0.777. The van der Waals surface area contributed by atoms with E-state index in [1.165, 1.54) is 5.56 Å². The molecule has 1 saturated heterocycles. The monoisotopic (exact) mass is 376 g/mol. The third-order valence-electron chi connectivity index (χ3n) is 3.70. The molecule has 2 rings (SSSR count). The molecule has 1 aliphatic heterocycles. The second-order valence-corrected chi connectivity index (χ2v) is 6.29. The summed E-state index contributed by atoms with van der Waals surface area (Å²) in [7, 11) is 0. The highest BCUT2D eigenvalue weighted by Gasteiger charge is 2.36. The zero-order valence-corrected chi connectivity index (χ0v) is 14.5. The molecule has 1 atom stereocenters. The van der Waals surface area contributed by atoms with Crippen LogP contribution in [0.3, 0.4) is 0 Å². The molecule has 6 heteroatoms. The summed E-state index contributed by atoms with van der Waals surface area (Å²) in [6, 6.07) is 8.08. The van der Waals surface area contributed by atoms with Gasteiger partial charge in [-0.25, -0.2) is 0 Å². The van der Waals surface area contributed by atoms with Crippen LogP contribution < -0.4 is 11.1 Å². The second kappa shape index (κ2) is 8.13. The first-order valence-electron chi connectivity index (χ1n) is 6.92. The van der Waals surface area contributed by atoms with Crippen molar-refractivity contribution in [2.75, 3.05) is 13.2 Å². The van der Waals surface area contributed by atoms with Crippen LogP contribution in [0.15, 0.2) is 28.7 Å². The number of nitrogens with two attached hydrogens (primary N) is 1. The van der Waals surface area contributed by atoms with Gasteiger partial charge in [0, 0.05) is 23.7 Å². The van der Waals surface area contributed by atoms with Crippen LogP contribution in [0.4, 0.5) is 0 Å². The molecule has 1 aromatic carbocycles. The van der Waals surface area contributed by atoms with Crippen LogP contribution in [0, 0.1) is 0 Å². The van der Waals surface area contributed by atoms with Gasteiger partial charge in [0.25, 0.3) is 0 Å². The van der Waals surface area contributed by atoms with Crippen LogP contribution in [0.5, 0.6) is 0 Å². The molecule has 118 valence electrons. The fourth-order valence-electron chi connectivity index (χ4n) is 2.38. The van der Waals surface area contributed by atoms with Crippen molar-refractivity contribution in [3.05, 3.63) is 34.3 Å². The number of ether oxygens (including phenoxy) is 1. The first-order chi connectivity index (χ1) is 9.51. The number of hydrogen-bond donors (Lipinski definition) is 2. The second-order valence-electron chi connectivity index (χ2n) is 5.44. The molecule has 1 heterocycles. The summed E-state index contributed by atoms with van der Waals surface area (Å²) in [5.74, 6) is -0.0691. The maximum absolute atomic E-state index is 12.3. The average Bonchev–Trinajstić information content (AvgIpc) is 2.42. The topological polar surface area (TPSA) is 64.4 Å². The van der Waals surface area contributed by atoms with Gasteiger partial charge in [-0.15, -0.1) is 12.4 Å². The van der Waals surface area contributed by atoms with E-state index in [1.54, 1.807) is 0 Å². The van der Waals surface area contributed by atoms with E-state index in [0.717, 1.165) is 10.9 Å². The molecule has 0 aromatic heterocycles. The van der Waals surface area contributed by atoms with E-state index in [1.807, 2.05) is 25.1 Å². The van der Waals surface area contributed by atoms with Gasteiger partial charge < -0.3 is 15.8 Å². The lowest BCUT2D eigenvalue weighted by Gasteiger charge is -2.33. The van der Waals surface area contributed by atoms with Gasteiger partial charge in [-0.05, 0) is 37.8 Å². The van der Waals surface area contributed by atoms with Crippen molar-refractivity contribution in [2.45, 2.75) is 37.8 Å². The number of carbonyl (C=O) groups excluding carboxylic acids is 1. The Balaban J connectivity index is 0.00000220. The molecule has 0 aliphatic carbocycles. The molecule has 1 unspecified atom stereocenters. The van der Waals surface area contributed by atoms with Crippen molar-refractivity contribution in [3.63, 3.8) is 0 Å². The maximum atomic E-state index is 12.3. The molecule has 21 heavy (non-hydrogen) atoms. The molecule has 1 amide bonds. The van der Waals surface area contributed by atoms with E-state index >= 15 is 0 Å². The first-order valence-corrected chi connectivity index (χ1v) is 7.71. The number of hydrogen-bond acceptors (Lipinski definition) is 3. The van der Waals surface area contributed by atoms with Crippen molar-refractivity contribution >= 4 is 34.2 Å². The minimum absolute atomic E-state index is 0. The summed E-state index contributed by atoms with van der Waals surface area (Å²) in [6.07, 6.45) is 1.95. The molecule has 0 saturated carbocycles. The van der Waals surface area contributed by atoms with Crippen molar-refractivity contribution < 1.29 is 9.53 Å². The minimum Gasteiger partial charge on any atom is -0.381 e. The van der Waals surface area contributed by atoms with Gasteiger partial charge in [0.2, 0.25) is 5.91 Å². The van der Waals surface area contributed by atoms with Crippen LogP contribution in [0.1, 0.15) is 25.3 Å². The fourth-order valence-corrected chi connectivity index (χ4v) is 2.82. The highest BCUT2D eigenvalue weighted by molar-refractivity contribution is 9.10.